The Balaban J connectivity index is 2.50. The van der Waals surface area contributed by atoms with Gasteiger partial charge in [-0.25, -0.2) is 0 Å². The molecule has 0 spiro atoms. The first-order chi connectivity index (χ1) is 8.20. The number of hydrogen-bond donors (Lipinski definition) is 1. The summed E-state index contributed by atoms with van der Waals surface area (Å²) in [5, 5.41) is 0. The second-order valence-electron chi connectivity index (χ2n) is 4.39. The Hall–Kier alpha value is -1.42. The molecule has 0 saturated heterocycles. The Kier molecular flexibility index (Phi) is 3.15. The number of ether oxygens (including phenoxy) is 3. The zero-order valence-electron chi connectivity index (χ0n) is 10.6. The molecule has 4 nitrogen and oxygen atoms in total. The van der Waals surface area contributed by atoms with Gasteiger partial charge in [-0.05, 0) is 18.9 Å². The lowest BCUT2D eigenvalue weighted by atomic mass is 9.94. The minimum atomic E-state index is 0.0743. The Morgan fingerprint density at radius 2 is 1.53 bits per heavy atom. The van der Waals surface area contributed by atoms with Crippen molar-refractivity contribution in [3.05, 3.63) is 17.7 Å². The molecule has 0 heterocycles. The van der Waals surface area contributed by atoms with E-state index in [1.807, 2.05) is 12.1 Å². The smallest absolute Gasteiger partial charge is 0.164 e. The van der Waals surface area contributed by atoms with Crippen LogP contribution in [-0.4, -0.2) is 27.9 Å². The molecule has 2 N–H and O–H groups in total. The van der Waals surface area contributed by atoms with Gasteiger partial charge in [-0.1, -0.05) is 0 Å². The number of nitrogens with two attached hydrogens (primary N) is 1. The number of methoxy groups -OCH3 is 3. The van der Waals surface area contributed by atoms with Crippen molar-refractivity contribution in [3.8, 4) is 17.2 Å². The SMILES string of the molecule is COc1cc(OC)c(C2(CN)CC2)cc1OC. The first kappa shape index (κ1) is 12.0. The maximum Gasteiger partial charge on any atom is 0.164 e. The predicted octanol–water partition coefficient (Wildman–Crippen LogP) is 1.70. The van der Waals surface area contributed by atoms with Gasteiger partial charge in [0.05, 0.1) is 21.3 Å². The van der Waals surface area contributed by atoms with Crippen molar-refractivity contribution in [1.82, 2.24) is 0 Å². The molecule has 2 rings (SSSR count). The second kappa shape index (κ2) is 4.45. The van der Waals surface area contributed by atoms with Crippen LogP contribution in [0.1, 0.15) is 18.4 Å². The largest absolute Gasteiger partial charge is 0.496 e. The Labute approximate surface area is 102 Å². The van der Waals surface area contributed by atoms with Crippen LogP contribution < -0.4 is 19.9 Å². The maximum atomic E-state index is 5.86. The van der Waals surface area contributed by atoms with Gasteiger partial charge < -0.3 is 19.9 Å². The standard InChI is InChI=1S/C13H19NO3/c1-15-10-7-12(17-3)11(16-2)6-9(10)13(8-14)4-5-13/h6-7H,4-5,8,14H2,1-3H3. The van der Waals surface area contributed by atoms with Crippen molar-refractivity contribution in [1.29, 1.82) is 0 Å². The molecule has 1 aliphatic carbocycles. The molecule has 1 saturated carbocycles. The molecule has 94 valence electrons. The molecule has 0 bridgehead atoms. The van der Waals surface area contributed by atoms with Crippen LogP contribution in [0.3, 0.4) is 0 Å². The molecule has 1 fully saturated rings. The molecule has 0 radical (unpaired) electrons. The van der Waals surface area contributed by atoms with Gasteiger partial charge in [-0.15, -0.1) is 0 Å². The van der Waals surface area contributed by atoms with E-state index in [4.69, 9.17) is 19.9 Å². The monoisotopic (exact) mass is 237 g/mol. The third-order valence-corrected chi connectivity index (χ3v) is 3.52. The van der Waals surface area contributed by atoms with Gasteiger partial charge >= 0.3 is 0 Å². The lowest BCUT2D eigenvalue weighted by Gasteiger charge is -2.19. The zero-order valence-corrected chi connectivity index (χ0v) is 10.6. The summed E-state index contributed by atoms with van der Waals surface area (Å²) < 4.78 is 16.0. The van der Waals surface area contributed by atoms with Gasteiger partial charge in [0.2, 0.25) is 0 Å². The first-order valence-electron chi connectivity index (χ1n) is 5.71. The third kappa shape index (κ3) is 1.93. The summed E-state index contributed by atoms with van der Waals surface area (Å²) in [4.78, 5) is 0. The van der Waals surface area contributed by atoms with Crippen LogP contribution in [0, 0.1) is 0 Å². The molecule has 0 amide bonds. The van der Waals surface area contributed by atoms with E-state index in [0.29, 0.717) is 12.3 Å². The molecule has 4 heteroatoms. The third-order valence-electron chi connectivity index (χ3n) is 3.52. The number of rotatable bonds is 5. The van der Waals surface area contributed by atoms with Crippen molar-refractivity contribution in [3.63, 3.8) is 0 Å². The first-order valence-corrected chi connectivity index (χ1v) is 5.71. The molecule has 0 atom stereocenters. The van der Waals surface area contributed by atoms with Crippen molar-refractivity contribution >= 4 is 0 Å². The van der Waals surface area contributed by atoms with E-state index in [9.17, 15) is 0 Å². The topological polar surface area (TPSA) is 53.7 Å². The summed E-state index contributed by atoms with van der Waals surface area (Å²) in [6.45, 7) is 0.638. The molecule has 0 aromatic heterocycles. The van der Waals surface area contributed by atoms with E-state index in [-0.39, 0.29) is 5.41 Å². The summed E-state index contributed by atoms with van der Waals surface area (Å²) in [5.74, 6) is 2.23. The predicted molar refractivity (Wildman–Crippen MR) is 66.1 cm³/mol. The minimum absolute atomic E-state index is 0.0743. The van der Waals surface area contributed by atoms with Crippen molar-refractivity contribution in [2.45, 2.75) is 18.3 Å². The van der Waals surface area contributed by atoms with E-state index in [1.54, 1.807) is 21.3 Å². The highest BCUT2D eigenvalue weighted by Gasteiger charge is 2.45. The molecule has 0 unspecified atom stereocenters. The molecule has 17 heavy (non-hydrogen) atoms. The zero-order chi connectivity index (χ0) is 12.5. The highest BCUT2D eigenvalue weighted by atomic mass is 16.5. The molecular weight excluding hydrogens is 218 g/mol. The van der Waals surface area contributed by atoms with Crippen molar-refractivity contribution in [2.24, 2.45) is 5.73 Å². The fourth-order valence-corrected chi connectivity index (χ4v) is 2.18. The fraction of sp³-hybridized carbons (Fsp3) is 0.538. The fourth-order valence-electron chi connectivity index (χ4n) is 2.18. The van der Waals surface area contributed by atoms with Gasteiger partial charge in [0.15, 0.2) is 11.5 Å². The highest BCUT2D eigenvalue weighted by Crippen LogP contribution is 2.52. The summed E-state index contributed by atoms with van der Waals surface area (Å²) in [6.07, 6.45) is 2.21. The quantitative estimate of drug-likeness (QED) is 0.847. The van der Waals surface area contributed by atoms with Gasteiger partial charge in [0.25, 0.3) is 0 Å². The van der Waals surface area contributed by atoms with E-state index in [1.165, 1.54) is 0 Å². The van der Waals surface area contributed by atoms with Gasteiger partial charge in [-0.2, -0.15) is 0 Å². The molecule has 0 aliphatic heterocycles. The van der Waals surface area contributed by atoms with E-state index >= 15 is 0 Å². The lowest BCUT2D eigenvalue weighted by Crippen LogP contribution is -2.20. The molecule has 1 aromatic rings. The molecule has 1 aromatic carbocycles. The summed E-state index contributed by atoms with van der Waals surface area (Å²) in [6, 6.07) is 3.85. The average molecular weight is 237 g/mol. The maximum absolute atomic E-state index is 5.86. The Morgan fingerprint density at radius 1 is 1.00 bits per heavy atom. The summed E-state index contributed by atoms with van der Waals surface area (Å²) in [5.41, 5.74) is 7.06. The minimum Gasteiger partial charge on any atom is -0.496 e. The van der Waals surface area contributed by atoms with Crippen LogP contribution in [0.4, 0.5) is 0 Å². The van der Waals surface area contributed by atoms with Crippen molar-refractivity contribution in [2.75, 3.05) is 27.9 Å². The van der Waals surface area contributed by atoms with Crippen LogP contribution in [0.15, 0.2) is 12.1 Å². The molecule has 1 aliphatic rings. The van der Waals surface area contributed by atoms with Gasteiger partial charge in [0.1, 0.15) is 5.75 Å². The normalized spacial score (nSPS) is 16.5. The van der Waals surface area contributed by atoms with Crippen LogP contribution in [-0.2, 0) is 5.41 Å². The summed E-state index contributed by atoms with van der Waals surface area (Å²) >= 11 is 0. The number of benzene rings is 1. The summed E-state index contributed by atoms with van der Waals surface area (Å²) in [7, 11) is 4.92. The second-order valence-corrected chi connectivity index (χ2v) is 4.39. The van der Waals surface area contributed by atoms with Gasteiger partial charge in [0, 0.05) is 23.6 Å². The van der Waals surface area contributed by atoms with Crippen LogP contribution in [0.25, 0.3) is 0 Å². The highest BCUT2D eigenvalue weighted by molar-refractivity contribution is 5.55. The average Bonchev–Trinajstić information content (AvgIpc) is 3.18. The van der Waals surface area contributed by atoms with Crippen LogP contribution in [0.5, 0.6) is 17.2 Å². The number of hydrogen-bond acceptors (Lipinski definition) is 4. The van der Waals surface area contributed by atoms with Crippen LogP contribution in [0.2, 0.25) is 0 Å². The van der Waals surface area contributed by atoms with E-state index in [2.05, 4.69) is 0 Å². The van der Waals surface area contributed by atoms with E-state index in [0.717, 1.165) is 29.9 Å². The van der Waals surface area contributed by atoms with Crippen molar-refractivity contribution < 1.29 is 14.2 Å². The van der Waals surface area contributed by atoms with Gasteiger partial charge in [-0.3, -0.25) is 0 Å². The lowest BCUT2D eigenvalue weighted by molar-refractivity contribution is 0.346. The Morgan fingerprint density at radius 3 is 1.94 bits per heavy atom. The van der Waals surface area contributed by atoms with Crippen LogP contribution >= 0.6 is 0 Å². The molecular formula is C13H19NO3. The Bertz CT molecular complexity index is 413. The van der Waals surface area contributed by atoms with E-state index < -0.39 is 0 Å².